The average molecular weight is 561 g/mol. The minimum Gasteiger partial charge on any atom is -0.388 e. The molecule has 7 nitrogen and oxygen atoms in total. The molecule has 0 radical (unpaired) electrons. The van der Waals surface area contributed by atoms with Crippen LogP contribution < -0.4 is 10.6 Å². The number of anilines is 1. The molecule has 2 aromatic rings. The minimum absolute atomic E-state index is 0.0407. The largest absolute Gasteiger partial charge is 0.388 e. The van der Waals surface area contributed by atoms with Crippen LogP contribution in [0.25, 0.3) is 0 Å². The highest BCUT2D eigenvalue weighted by Crippen LogP contribution is 2.43. The zero-order valence-corrected chi connectivity index (χ0v) is 22.0. The number of carbonyl (C=O) groups is 2. The SMILES string of the molecule is CC(=O)NC[C@](C)(O)C[C@@H]1CCC(C)C1S(=O)(=O)c1cc(C(=O)Nc2cc(F)c(F)c(F)c2)ccc1Cl. The Hall–Kier alpha value is -2.63. The van der Waals surface area contributed by atoms with Gasteiger partial charge in [0.25, 0.3) is 5.91 Å². The Bertz CT molecular complexity index is 1300. The van der Waals surface area contributed by atoms with E-state index in [1.165, 1.54) is 26.0 Å². The van der Waals surface area contributed by atoms with Gasteiger partial charge in [-0.2, -0.15) is 0 Å². The van der Waals surface area contributed by atoms with Crippen molar-refractivity contribution in [2.75, 3.05) is 11.9 Å². The highest BCUT2D eigenvalue weighted by atomic mass is 35.5. The van der Waals surface area contributed by atoms with Gasteiger partial charge < -0.3 is 15.7 Å². The third-order valence-electron chi connectivity index (χ3n) is 6.54. The predicted molar refractivity (Wildman–Crippen MR) is 133 cm³/mol. The molecule has 3 N–H and O–H groups in total. The predicted octanol–water partition coefficient (Wildman–Crippen LogP) is 4.48. The van der Waals surface area contributed by atoms with E-state index in [2.05, 4.69) is 10.6 Å². The van der Waals surface area contributed by atoms with Crippen molar-refractivity contribution in [1.29, 1.82) is 0 Å². The molecular formula is C25H28ClF3N2O5S. The molecule has 4 atom stereocenters. The zero-order chi connectivity index (χ0) is 27.7. The van der Waals surface area contributed by atoms with Gasteiger partial charge in [0, 0.05) is 36.9 Å². The molecule has 1 fully saturated rings. The fraction of sp³-hybridized carbons (Fsp3) is 0.440. The standard InChI is InChI=1S/C25H28ClF3N2O5S/c1-13-4-5-16(11-25(3,34)12-30-14(2)32)23(13)37(35,36)21-8-15(6-7-18(21)26)24(33)31-17-9-19(27)22(29)20(28)10-17/h6-10,13,16,23,34H,4-5,11-12H2,1-3H3,(H,30,32)(H,31,33)/t13?,16-,23?,25+/m0/s1. The summed E-state index contributed by atoms with van der Waals surface area (Å²) in [5, 5.41) is 14.5. The summed E-state index contributed by atoms with van der Waals surface area (Å²) in [6.45, 7) is 4.58. The molecule has 0 bridgehead atoms. The van der Waals surface area contributed by atoms with Crippen LogP contribution in [0.3, 0.4) is 0 Å². The molecule has 0 saturated heterocycles. The number of aliphatic hydroxyl groups is 1. The first-order valence-electron chi connectivity index (χ1n) is 11.6. The van der Waals surface area contributed by atoms with Gasteiger partial charge in [0.1, 0.15) is 0 Å². The summed E-state index contributed by atoms with van der Waals surface area (Å²) in [5.41, 5.74) is -1.85. The second kappa shape index (κ2) is 11.0. The Morgan fingerprint density at radius 3 is 2.35 bits per heavy atom. The third-order valence-corrected chi connectivity index (χ3v) is 9.50. The van der Waals surface area contributed by atoms with Crippen LogP contribution in [0, 0.1) is 29.3 Å². The van der Waals surface area contributed by atoms with Crippen LogP contribution in [0.4, 0.5) is 18.9 Å². The average Bonchev–Trinajstić information content (AvgIpc) is 3.16. The Morgan fingerprint density at radius 1 is 1.14 bits per heavy atom. The van der Waals surface area contributed by atoms with Crippen LogP contribution in [0.1, 0.15) is 50.4 Å². The molecule has 2 amide bonds. The molecule has 0 aliphatic heterocycles. The van der Waals surface area contributed by atoms with Gasteiger partial charge >= 0.3 is 0 Å². The maximum atomic E-state index is 13.8. The van der Waals surface area contributed by atoms with Crippen LogP contribution >= 0.6 is 11.6 Å². The molecule has 202 valence electrons. The van der Waals surface area contributed by atoms with Crippen molar-refractivity contribution in [1.82, 2.24) is 5.32 Å². The molecule has 1 saturated carbocycles. The summed E-state index contributed by atoms with van der Waals surface area (Å²) >= 11 is 6.25. The lowest BCUT2D eigenvalue weighted by Gasteiger charge is -2.31. The second-order valence-electron chi connectivity index (χ2n) is 9.79. The molecule has 0 aromatic heterocycles. The first-order chi connectivity index (χ1) is 17.1. The third kappa shape index (κ3) is 6.63. The van der Waals surface area contributed by atoms with E-state index in [1.807, 2.05) is 0 Å². The lowest BCUT2D eigenvalue weighted by atomic mass is 9.90. The number of amides is 2. The fourth-order valence-electron chi connectivity index (χ4n) is 4.84. The van der Waals surface area contributed by atoms with Gasteiger partial charge in [-0.1, -0.05) is 18.5 Å². The summed E-state index contributed by atoms with van der Waals surface area (Å²) in [7, 11) is -4.10. The fourth-order valence-corrected chi connectivity index (χ4v) is 7.69. The van der Waals surface area contributed by atoms with E-state index in [1.54, 1.807) is 6.92 Å². The number of halogens is 4. The van der Waals surface area contributed by atoms with Crippen molar-refractivity contribution in [2.45, 2.75) is 55.8 Å². The molecule has 37 heavy (non-hydrogen) atoms. The van der Waals surface area contributed by atoms with Gasteiger partial charge in [-0.15, -0.1) is 0 Å². The summed E-state index contributed by atoms with van der Waals surface area (Å²) in [4.78, 5) is 23.7. The summed E-state index contributed by atoms with van der Waals surface area (Å²) in [5.74, 6) is -6.59. The van der Waals surface area contributed by atoms with E-state index >= 15 is 0 Å². The lowest BCUT2D eigenvalue weighted by Crippen LogP contribution is -2.43. The summed E-state index contributed by atoms with van der Waals surface area (Å²) in [6, 6.07) is 4.77. The van der Waals surface area contributed by atoms with E-state index in [0.29, 0.717) is 25.0 Å². The Kier molecular flexibility index (Phi) is 8.60. The number of sulfone groups is 1. The summed E-state index contributed by atoms with van der Waals surface area (Å²) < 4.78 is 67.8. The highest BCUT2D eigenvalue weighted by molar-refractivity contribution is 7.92. The van der Waals surface area contributed by atoms with Crippen molar-refractivity contribution < 1.29 is 36.3 Å². The number of rotatable bonds is 8. The highest BCUT2D eigenvalue weighted by Gasteiger charge is 2.46. The van der Waals surface area contributed by atoms with E-state index < -0.39 is 50.0 Å². The molecule has 2 unspecified atom stereocenters. The number of benzene rings is 2. The van der Waals surface area contributed by atoms with Gasteiger partial charge in [-0.05, 0) is 56.2 Å². The van der Waals surface area contributed by atoms with Gasteiger partial charge in [-0.3, -0.25) is 9.59 Å². The maximum Gasteiger partial charge on any atom is 0.255 e. The number of hydrogen-bond acceptors (Lipinski definition) is 5. The van der Waals surface area contributed by atoms with E-state index in [0.717, 1.165) is 6.07 Å². The second-order valence-corrected chi connectivity index (χ2v) is 12.3. The van der Waals surface area contributed by atoms with Crippen molar-refractivity contribution in [3.05, 3.63) is 58.4 Å². The Balaban J connectivity index is 1.89. The van der Waals surface area contributed by atoms with Crippen LogP contribution in [-0.2, 0) is 14.6 Å². The van der Waals surface area contributed by atoms with Crippen molar-refractivity contribution in [3.8, 4) is 0 Å². The molecule has 2 aromatic carbocycles. The first-order valence-corrected chi connectivity index (χ1v) is 13.5. The van der Waals surface area contributed by atoms with Gasteiger partial charge in [0.15, 0.2) is 27.3 Å². The Morgan fingerprint density at radius 2 is 1.76 bits per heavy atom. The van der Waals surface area contributed by atoms with Gasteiger partial charge in [0.05, 0.1) is 20.8 Å². The zero-order valence-electron chi connectivity index (χ0n) is 20.4. The smallest absolute Gasteiger partial charge is 0.255 e. The van der Waals surface area contributed by atoms with Crippen LogP contribution in [0.5, 0.6) is 0 Å². The van der Waals surface area contributed by atoms with Crippen LogP contribution in [0.2, 0.25) is 5.02 Å². The molecular weight excluding hydrogens is 533 g/mol. The number of nitrogens with one attached hydrogen (secondary N) is 2. The van der Waals surface area contributed by atoms with E-state index in [-0.39, 0.29) is 46.0 Å². The quantitative estimate of drug-likeness (QED) is 0.412. The number of carbonyl (C=O) groups excluding carboxylic acids is 2. The monoisotopic (exact) mass is 560 g/mol. The maximum absolute atomic E-state index is 13.8. The molecule has 0 spiro atoms. The first kappa shape index (κ1) is 28.9. The normalized spacial score (nSPS) is 21.4. The molecule has 1 aliphatic carbocycles. The van der Waals surface area contributed by atoms with Crippen LogP contribution in [-0.4, -0.2) is 42.7 Å². The summed E-state index contributed by atoms with van der Waals surface area (Å²) in [6.07, 6.45) is 1.23. The molecule has 12 heteroatoms. The van der Waals surface area contributed by atoms with E-state index in [9.17, 15) is 36.3 Å². The van der Waals surface area contributed by atoms with Crippen molar-refractivity contribution in [3.63, 3.8) is 0 Å². The number of hydrogen-bond donors (Lipinski definition) is 3. The Labute approximate surface area is 218 Å². The van der Waals surface area contributed by atoms with E-state index in [4.69, 9.17) is 11.6 Å². The van der Waals surface area contributed by atoms with Gasteiger partial charge in [0.2, 0.25) is 5.91 Å². The van der Waals surface area contributed by atoms with Crippen molar-refractivity contribution >= 4 is 38.9 Å². The topological polar surface area (TPSA) is 113 Å². The minimum atomic E-state index is -4.10. The molecule has 0 heterocycles. The lowest BCUT2D eigenvalue weighted by molar-refractivity contribution is -0.120. The van der Waals surface area contributed by atoms with Gasteiger partial charge in [-0.25, -0.2) is 21.6 Å². The van der Waals surface area contributed by atoms with Crippen molar-refractivity contribution in [2.24, 2.45) is 11.8 Å². The molecule has 1 aliphatic rings. The molecule has 3 rings (SSSR count). The van der Waals surface area contributed by atoms with Crippen LogP contribution in [0.15, 0.2) is 35.2 Å².